The van der Waals surface area contributed by atoms with Crippen LogP contribution in [-0.4, -0.2) is 80.4 Å². The van der Waals surface area contributed by atoms with E-state index >= 15 is 0 Å². The largest absolute Gasteiger partial charge is 0.508 e. The van der Waals surface area contributed by atoms with Crippen LogP contribution < -0.4 is 4.90 Å². The summed E-state index contributed by atoms with van der Waals surface area (Å²) in [5, 5.41) is 15.0. The van der Waals surface area contributed by atoms with Gasteiger partial charge in [-0.3, -0.25) is 19.4 Å². The number of rotatable bonds is 7. The number of carbonyl (C=O) groups excluding carboxylic acids is 2. The molecule has 2 aliphatic rings. The molecule has 3 aromatic carbocycles. The second-order valence-electron chi connectivity index (χ2n) is 12.1. The number of aromatic hydroxyl groups is 1. The summed E-state index contributed by atoms with van der Waals surface area (Å²) in [5.74, 6) is -0.510. The van der Waals surface area contributed by atoms with E-state index in [0.717, 1.165) is 31.6 Å². The molecule has 0 radical (unpaired) electrons. The number of halogens is 1. The van der Waals surface area contributed by atoms with Crippen molar-refractivity contribution >= 4 is 34.8 Å². The van der Waals surface area contributed by atoms with Crippen molar-refractivity contribution < 1.29 is 19.4 Å². The van der Waals surface area contributed by atoms with Gasteiger partial charge in [0.2, 0.25) is 0 Å². The summed E-state index contributed by atoms with van der Waals surface area (Å²) in [6.45, 7) is 5.96. The number of aromatic nitrogens is 3. The summed E-state index contributed by atoms with van der Waals surface area (Å²) < 4.78 is 7.09. The van der Waals surface area contributed by atoms with Crippen LogP contribution in [0.2, 0.25) is 5.02 Å². The van der Waals surface area contributed by atoms with Crippen molar-refractivity contribution in [3.63, 3.8) is 0 Å². The predicted octanol–water partition coefficient (Wildman–Crippen LogP) is 5.81. The fraction of sp³-hybridized carbons (Fsp3) is 0.243. The van der Waals surface area contributed by atoms with Crippen LogP contribution in [0.5, 0.6) is 5.75 Å². The molecule has 10 nitrogen and oxygen atoms in total. The average molecular weight is 663 g/mol. The SMILES string of the molecule is Cc1cn(-c2cc(Cl)cnc2C(=O)N2Cc3ccccc3CC2CN2CCOCC2)nc1C(=O)N(c1ccccc1)c1ccc(O)cc1. The third-order valence-electron chi connectivity index (χ3n) is 8.90. The van der Waals surface area contributed by atoms with E-state index < -0.39 is 0 Å². The van der Waals surface area contributed by atoms with Crippen LogP contribution in [0.25, 0.3) is 5.69 Å². The molecule has 4 heterocycles. The van der Waals surface area contributed by atoms with E-state index in [9.17, 15) is 14.7 Å². The summed E-state index contributed by atoms with van der Waals surface area (Å²) >= 11 is 6.47. The van der Waals surface area contributed by atoms with E-state index in [1.807, 2.05) is 47.4 Å². The van der Waals surface area contributed by atoms with E-state index in [1.54, 1.807) is 36.2 Å². The Bertz CT molecular complexity index is 1940. The minimum Gasteiger partial charge on any atom is -0.508 e. The smallest absolute Gasteiger partial charge is 0.283 e. The number of nitrogens with zero attached hydrogens (tertiary/aromatic N) is 6. The summed E-state index contributed by atoms with van der Waals surface area (Å²) in [6.07, 6.45) is 3.92. The topological polar surface area (TPSA) is 104 Å². The van der Waals surface area contributed by atoms with Gasteiger partial charge in [0.05, 0.1) is 23.9 Å². The summed E-state index contributed by atoms with van der Waals surface area (Å²) in [5.41, 5.74) is 4.94. The Morgan fingerprint density at radius 3 is 2.38 bits per heavy atom. The number of hydrogen-bond donors (Lipinski definition) is 1. The zero-order valence-electron chi connectivity index (χ0n) is 26.5. The van der Waals surface area contributed by atoms with Crippen molar-refractivity contribution in [2.24, 2.45) is 0 Å². The lowest BCUT2D eigenvalue weighted by Gasteiger charge is -2.40. The second-order valence-corrected chi connectivity index (χ2v) is 12.5. The van der Waals surface area contributed by atoms with Gasteiger partial charge in [0.25, 0.3) is 11.8 Å². The van der Waals surface area contributed by atoms with Crippen molar-refractivity contribution in [1.29, 1.82) is 0 Å². The molecule has 0 bridgehead atoms. The number of hydrogen-bond acceptors (Lipinski definition) is 7. The molecule has 7 rings (SSSR count). The Kier molecular flexibility index (Phi) is 8.94. The van der Waals surface area contributed by atoms with Gasteiger partial charge in [-0.2, -0.15) is 5.10 Å². The van der Waals surface area contributed by atoms with Crippen LogP contribution in [0.4, 0.5) is 11.4 Å². The fourth-order valence-corrected chi connectivity index (χ4v) is 6.59. The molecule has 1 fully saturated rings. The number of ether oxygens (including phenoxy) is 1. The standard InChI is InChI=1S/C37H35ClN6O4/c1-25-22-43(40-34(25)37(47)44(29-9-3-2-4-10-29)30-11-13-32(45)14-12-30)33-20-28(38)21-39-35(33)36(46)42-23-27-8-6-5-7-26(27)19-31(42)24-41-15-17-48-18-16-41/h2-14,20-22,31,45H,15-19,23-24H2,1H3. The van der Waals surface area contributed by atoms with Crippen molar-refractivity contribution in [2.45, 2.75) is 25.9 Å². The van der Waals surface area contributed by atoms with Crippen molar-refractivity contribution in [3.05, 3.63) is 130 Å². The predicted molar refractivity (Wildman–Crippen MR) is 183 cm³/mol. The molecule has 1 N–H and O–H groups in total. The lowest BCUT2D eigenvalue weighted by molar-refractivity contribution is 0.0191. The number of aryl methyl sites for hydroxylation is 1. The first-order chi connectivity index (χ1) is 23.4. The molecule has 2 aliphatic heterocycles. The number of morpholine rings is 1. The molecule has 48 heavy (non-hydrogen) atoms. The van der Waals surface area contributed by atoms with E-state index in [4.69, 9.17) is 21.4 Å². The maximum atomic E-state index is 14.5. The highest BCUT2D eigenvalue weighted by molar-refractivity contribution is 6.30. The third kappa shape index (κ3) is 6.42. The van der Waals surface area contributed by atoms with Crippen LogP contribution in [0.15, 0.2) is 97.3 Å². The number of para-hydroxylation sites is 1. The van der Waals surface area contributed by atoms with Crippen LogP contribution in [0.3, 0.4) is 0 Å². The van der Waals surface area contributed by atoms with Gasteiger partial charge in [-0.1, -0.05) is 54.1 Å². The van der Waals surface area contributed by atoms with Gasteiger partial charge < -0.3 is 14.7 Å². The van der Waals surface area contributed by atoms with Crippen molar-refractivity contribution in [1.82, 2.24) is 24.6 Å². The highest BCUT2D eigenvalue weighted by Crippen LogP contribution is 2.31. The molecular formula is C37H35ClN6O4. The monoisotopic (exact) mass is 662 g/mol. The lowest BCUT2D eigenvalue weighted by Crippen LogP contribution is -2.52. The number of fused-ring (bicyclic) bond motifs is 1. The Morgan fingerprint density at radius 2 is 1.62 bits per heavy atom. The first kappa shape index (κ1) is 31.6. The summed E-state index contributed by atoms with van der Waals surface area (Å²) in [7, 11) is 0. The minimum atomic E-state index is -0.371. The zero-order valence-corrected chi connectivity index (χ0v) is 27.3. The molecule has 1 unspecified atom stereocenters. The Labute approximate surface area is 283 Å². The molecule has 1 atom stereocenters. The van der Waals surface area contributed by atoms with Crippen molar-refractivity contribution in [3.8, 4) is 11.4 Å². The van der Waals surface area contributed by atoms with Crippen LogP contribution in [0, 0.1) is 6.92 Å². The van der Waals surface area contributed by atoms with Crippen LogP contribution >= 0.6 is 11.6 Å². The third-order valence-corrected chi connectivity index (χ3v) is 9.10. The molecule has 0 saturated carbocycles. The molecule has 5 aromatic rings. The first-order valence-electron chi connectivity index (χ1n) is 15.9. The molecule has 2 amide bonds. The van der Waals surface area contributed by atoms with Gasteiger partial charge >= 0.3 is 0 Å². The highest BCUT2D eigenvalue weighted by Gasteiger charge is 2.34. The summed E-state index contributed by atoms with van der Waals surface area (Å²) in [4.78, 5) is 39.1. The number of carbonyl (C=O) groups is 2. The van der Waals surface area contributed by atoms with Gasteiger partial charge in [0.1, 0.15) is 5.75 Å². The number of amides is 2. The number of benzene rings is 3. The number of pyridine rings is 1. The zero-order chi connectivity index (χ0) is 33.2. The maximum Gasteiger partial charge on any atom is 0.283 e. The average Bonchev–Trinajstić information content (AvgIpc) is 3.51. The molecular weight excluding hydrogens is 628 g/mol. The Morgan fingerprint density at radius 1 is 0.938 bits per heavy atom. The van der Waals surface area contributed by atoms with Gasteiger partial charge in [0.15, 0.2) is 11.4 Å². The normalized spacial score (nSPS) is 16.4. The van der Waals surface area contributed by atoms with E-state index in [2.05, 4.69) is 22.0 Å². The van der Waals surface area contributed by atoms with Gasteiger partial charge in [-0.15, -0.1) is 0 Å². The highest BCUT2D eigenvalue weighted by atomic mass is 35.5. The number of phenolic OH excluding ortho intramolecular Hbond substituents is 1. The van der Waals surface area contributed by atoms with Gasteiger partial charge in [-0.25, -0.2) is 9.67 Å². The molecule has 2 aromatic heterocycles. The van der Waals surface area contributed by atoms with E-state index in [-0.39, 0.29) is 35.0 Å². The number of phenols is 1. The van der Waals surface area contributed by atoms with E-state index in [1.165, 1.54) is 28.6 Å². The molecule has 244 valence electrons. The maximum absolute atomic E-state index is 14.5. The molecule has 11 heteroatoms. The molecule has 0 aliphatic carbocycles. The van der Waals surface area contributed by atoms with Crippen LogP contribution in [0.1, 0.15) is 37.7 Å². The van der Waals surface area contributed by atoms with Gasteiger partial charge in [0, 0.05) is 61.6 Å². The second kappa shape index (κ2) is 13.6. The number of anilines is 2. The van der Waals surface area contributed by atoms with Crippen LogP contribution in [-0.2, 0) is 17.7 Å². The first-order valence-corrected chi connectivity index (χ1v) is 16.3. The lowest BCUT2D eigenvalue weighted by atomic mass is 9.93. The van der Waals surface area contributed by atoms with Gasteiger partial charge in [-0.05, 0) is 66.9 Å². The molecule has 0 spiro atoms. The Hall–Kier alpha value is -5.03. The fourth-order valence-electron chi connectivity index (χ4n) is 6.44. The summed E-state index contributed by atoms with van der Waals surface area (Å²) in [6, 6.07) is 25.5. The minimum absolute atomic E-state index is 0.0722. The van der Waals surface area contributed by atoms with E-state index in [0.29, 0.717) is 47.4 Å². The Balaban J connectivity index is 1.24. The molecule has 1 saturated heterocycles. The van der Waals surface area contributed by atoms with Crippen molar-refractivity contribution in [2.75, 3.05) is 37.7 Å². The quantitative estimate of drug-likeness (QED) is 0.235.